The fourth-order valence-electron chi connectivity index (χ4n) is 2.90. The van der Waals surface area contributed by atoms with Gasteiger partial charge in [-0.25, -0.2) is 9.37 Å². The minimum Gasteiger partial charge on any atom is -0.333 e. The van der Waals surface area contributed by atoms with Crippen molar-refractivity contribution in [2.24, 2.45) is 0 Å². The number of imidazole rings is 1. The number of rotatable bonds is 3. The number of ether oxygens (including phenoxy) is 1. The summed E-state index contributed by atoms with van der Waals surface area (Å²) in [7, 11) is 0. The Bertz CT molecular complexity index is 883. The highest BCUT2D eigenvalue weighted by Crippen LogP contribution is 2.60. The highest BCUT2D eigenvalue weighted by atomic mass is 35.5. The molecule has 0 bridgehead atoms. The lowest BCUT2D eigenvalue weighted by atomic mass is 9.89. The van der Waals surface area contributed by atoms with Crippen LogP contribution in [0.25, 0.3) is 0 Å². The van der Waals surface area contributed by atoms with Crippen molar-refractivity contribution in [2.75, 3.05) is 0 Å². The second kappa shape index (κ2) is 7.11. The van der Waals surface area contributed by atoms with E-state index in [9.17, 15) is 4.39 Å². The standard InChI is InChI=1S/C17H12ClFN2O.HNO3/c18-13-7-4-8-14(19)15(13)17(12-5-2-1-3-6-12)16(22-17)21-10-9-20-11-21;2-1(3)4/h1-11,16H;(H,2,3,4). The second-order valence-corrected chi connectivity index (χ2v) is 5.82. The molecule has 2 aromatic carbocycles. The molecule has 1 saturated heterocycles. The van der Waals surface area contributed by atoms with Gasteiger partial charge in [0.15, 0.2) is 11.8 Å². The number of hydrogen-bond donors (Lipinski definition) is 1. The minimum atomic E-state index is -1.50. The van der Waals surface area contributed by atoms with Crippen LogP contribution in [0.5, 0.6) is 0 Å². The molecule has 134 valence electrons. The molecule has 9 heteroatoms. The number of benzene rings is 2. The quantitative estimate of drug-likeness (QED) is 0.425. The summed E-state index contributed by atoms with van der Waals surface area (Å²) in [5.41, 5.74) is 0.298. The van der Waals surface area contributed by atoms with Gasteiger partial charge in [-0.1, -0.05) is 48.0 Å². The van der Waals surface area contributed by atoms with Crippen molar-refractivity contribution >= 4 is 11.6 Å². The molecule has 1 aliphatic heterocycles. The van der Waals surface area contributed by atoms with Gasteiger partial charge >= 0.3 is 0 Å². The van der Waals surface area contributed by atoms with Crippen molar-refractivity contribution in [3.05, 3.63) is 99.3 Å². The van der Waals surface area contributed by atoms with Gasteiger partial charge in [-0.2, -0.15) is 0 Å². The SMILES string of the molecule is Fc1cccc(Cl)c1C1(c2ccccc2)OC1n1ccnc1.O=[N+]([O-])O. The lowest BCUT2D eigenvalue weighted by Crippen LogP contribution is -2.17. The molecule has 3 aromatic rings. The first-order valence-electron chi connectivity index (χ1n) is 7.45. The molecule has 1 N–H and O–H groups in total. The average molecular weight is 378 g/mol. The van der Waals surface area contributed by atoms with E-state index >= 15 is 0 Å². The molecule has 1 fully saturated rings. The zero-order chi connectivity index (χ0) is 18.7. The van der Waals surface area contributed by atoms with E-state index in [2.05, 4.69) is 4.98 Å². The van der Waals surface area contributed by atoms with Crippen LogP contribution >= 0.6 is 11.6 Å². The van der Waals surface area contributed by atoms with Crippen LogP contribution in [-0.2, 0) is 10.3 Å². The molecule has 26 heavy (non-hydrogen) atoms. The summed E-state index contributed by atoms with van der Waals surface area (Å²) in [6.07, 6.45) is 4.75. The maximum absolute atomic E-state index is 14.5. The smallest absolute Gasteiger partial charge is 0.291 e. The molecule has 7 nitrogen and oxygen atoms in total. The predicted molar refractivity (Wildman–Crippen MR) is 89.8 cm³/mol. The molecular formula is C17H13ClFN3O4. The van der Waals surface area contributed by atoms with Crippen molar-refractivity contribution in [1.82, 2.24) is 9.55 Å². The van der Waals surface area contributed by atoms with Crippen molar-refractivity contribution in [3.8, 4) is 0 Å². The summed E-state index contributed by atoms with van der Waals surface area (Å²) < 4.78 is 22.3. The first kappa shape index (κ1) is 17.8. The first-order valence-corrected chi connectivity index (χ1v) is 7.83. The second-order valence-electron chi connectivity index (χ2n) is 5.42. The molecule has 2 unspecified atom stereocenters. The van der Waals surface area contributed by atoms with E-state index in [1.54, 1.807) is 30.9 Å². The molecule has 4 rings (SSSR count). The van der Waals surface area contributed by atoms with E-state index in [0.29, 0.717) is 10.6 Å². The molecule has 0 saturated carbocycles. The maximum atomic E-state index is 14.5. The fourth-order valence-corrected chi connectivity index (χ4v) is 3.20. The van der Waals surface area contributed by atoms with Crippen molar-refractivity contribution in [1.29, 1.82) is 0 Å². The zero-order valence-electron chi connectivity index (χ0n) is 13.2. The van der Waals surface area contributed by atoms with Crippen molar-refractivity contribution < 1.29 is 19.4 Å². The molecule has 2 atom stereocenters. The Balaban J connectivity index is 0.000000447. The van der Waals surface area contributed by atoms with Crippen LogP contribution in [0.1, 0.15) is 17.4 Å². The third-order valence-electron chi connectivity index (χ3n) is 3.92. The zero-order valence-corrected chi connectivity index (χ0v) is 14.0. The van der Waals surface area contributed by atoms with Gasteiger partial charge in [0, 0.05) is 18.0 Å². The highest BCUT2D eigenvalue weighted by molar-refractivity contribution is 6.31. The van der Waals surface area contributed by atoms with Crippen LogP contribution in [0.4, 0.5) is 4.39 Å². The third-order valence-corrected chi connectivity index (χ3v) is 4.24. The summed E-state index contributed by atoms with van der Waals surface area (Å²) in [6, 6.07) is 14.2. The normalized spacial score (nSPS) is 20.8. The molecule has 2 heterocycles. The molecular weight excluding hydrogens is 365 g/mol. The summed E-state index contributed by atoms with van der Waals surface area (Å²) >= 11 is 6.29. The Morgan fingerprint density at radius 3 is 2.54 bits per heavy atom. The molecule has 0 spiro atoms. The van der Waals surface area contributed by atoms with Crippen LogP contribution in [0.15, 0.2) is 67.3 Å². The lowest BCUT2D eigenvalue weighted by Gasteiger charge is -2.16. The molecule has 0 amide bonds. The van der Waals surface area contributed by atoms with Gasteiger partial charge in [-0.3, -0.25) is 0 Å². The lowest BCUT2D eigenvalue weighted by molar-refractivity contribution is -0.742. The van der Waals surface area contributed by atoms with Crippen LogP contribution in [0, 0.1) is 15.9 Å². The van der Waals surface area contributed by atoms with Crippen LogP contribution in [-0.4, -0.2) is 19.8 Å². The summed E-state index contributed by atoms with van der Waals surface area (Å²) in [4.78, 5) is 12.4. The van der Waals surface area contributed by atoms with Crippen molar-refractivity contribution in [3.63, 3.8) is 0 Å². The fraction of sp³-hybridized carbons (Fsp3) is 0.118. The number of epoxide rings is 1. The third kappa shape index (κ3) is 3.24. The van der Waals surface area contributed by atoms with E-state index in [1.807, 2.05) is 34.9 Å². The topological polar surface area (TPSA) is 93.7 Å². The Labute approximate surface area is 152 Å². The summed E-state index contributed by atoms with van der Waals surface area (Å²) in [6.45, 7) is 0. The van der Waals surface area contributed by atoms with E-state index in [1.165, 1.54) is 6.07 Å². The van der Waals surface area contributed by atoms with Gasteiger partial charge in [0.2, 0.25) is 0 Å². The Kier molecular flexibility index (Phi) is 4.88. The summed E-state index contributed by atoms with van der Waals surface area (Å²) in [5, 5.41) is 14.0. The maximum Gasteiger partial charge on any atom is 0.291 e. The van der Waals surface area contributed by atoms with E-state index < -0.39 is 10.7 Å². The Hall–Kier alpha value is -2.97. The number of aromatic nitrogens is 2. The highest BCUT2D eigenvalue weighted by Gasteiger charge is 2.62. The van der Waals surface area contributed by atoms with Gasteiger partial charge in [0.1, 0.15) is 5.82 Å². The van der Waals surface area contributed by atoms with Gasteiger partial charge < -0.3 is 14.5 Å². The van der Waals surface area contributed by atoms with E-state index in [0.717, 1.165) is 5.56 Å². The van der Waals surface area contributed by atoms with Gasteiger partial charge in [0.25, 0.3) is 5.09 Å². The molecule has 0 aliphatic carbocycles. The Morgan fingerprint density at radius 1 is 1.27 bits per heavy atom. The summed E-state index contributed by atoms with van der Waals surface area (Å²) in [5.74, 6) is -0.376. The molecule has 0 radical (unpaired) electrons. The Morgan fingerprint density at radius 2 is 1.96 bits per heavy atom. The van der Waals surface area contributed by atoms with Crippen LogP contribution < -0.4 is 0 Å². The van der Waals surface area contributed by atoms with E-state index in [-0.39, 0.29) is 12.0 Å². The number of halogens is 2. The monoisotopic (exact) mass is 377 g/mol. The molecule has 1 aliphatic rings. The largest absolute Gasteiger partial charge is 0.333 e. The minimum absolute atomic E-state index is 0.353. The average Bonchev–Trinajstić information content (AvgIpc) is 3.10. The van der Waals surface area contributed by atoms with Gasteiger partial charge in [-0.05, 0) is 17.7 Å². The van der Waals surface area contributed by atoms with Gasteiger partial charge in [-0.15, -0.1) is 10.1 Å². The molecule has 1 aromatic heterocycles. The van der Waals surface area contributed by atoms with Crippen LogP contribution in [0.3, 0.4) is 0 Å². The first-order chi connectivity index (χ1) is 12.5. The van der Waals surface area contributed by atoms with Crippen LogP contribution in [0.2, 0.25) is 5.02 Å². The van der Waals surface area contributed by atoms with Crippen molar-refractivity contribution in [2.45, 2.75) is 11.8 Å². The van der Waals surface area contributed by atoms with E-state index in [4.69, 9.17) is 31.7 Å². The number of nitrogens with zero attached hydrogens (tertiary/aromatic N) is 3. The predicted octanol–water partition coefficient (Wildman–Crippen LogP) is 3.80. The van der Waals surface area contributed by atoms with Gasteiger partial charge in [0.05, 0.1) is 11.3 Å². The number of hydrogen-bond acceptors (Lipinski definition) is 4.